The van der Waals surface area contributed by atoms with Gasteiger partial charge in [0.2, 0.25) is 0 Å². The third-order valence-electron chi connectivity index (χ3n) is 3.08. The molecular formula is C17H17BrN2O3. The maximum absolute atomic E-state index is 11.8. The number of hydrogen-bond acceptors (Lipinski definition) is 3. The van der Waals surface area contributed by atoms with Crippen LogP contribution in [0, 0.1) is 13.8 Å². The molecule has 6 heteroatoms. The minimum Gasteiger partial charge on any atom is -0.483 e. The van der Waals surface area contributed by atoms with Crippen molar-refractivity contribution in [2.75, 3.05) is 11.9 Å². The number of imide groups is 1. The molecule has 0 radical (unpaired) electrons. The van der Waals surface area contributed by atoms with E-state index in [1.165, 1.54) is 0 Å². The van der Waals surface area contributed by atoms with Crippen molar-refractivity contribution in [3.05, 3.63) is 58.1 Å². The Morgan fingerprint density at radius 2 is 1.87 bits per heavy atom. The Morgan fingerprint density at radius 1 is 1.13 bits per heavy atom. The molecule has 2 aromatic carbocycles. The minimum absolute atomic E-state index is 0.247. The van der Waals surface area contributed by atoms with E-state index in [4.69, 9.17) is 4.74 Å². The first-order valence-electron chi connectivity index (χ1n) is 7.01. The number of halogens is 1. The van der Waals surface area contributed by atoms with Gasteiger partial charge in [-0.25, -0.2) is 4.79 Å². The number of nitrogens with one attached hydrogen (secondary N) is 2. The topological polar surface area (TPSA) is 67.4 Å². The van der Waals surface area contributed by atoms with Crippen molar-refractivity contribution in [3.63, 3.8) is 0 Å². The van der Waals surface area contributed by atoms with Gasteiger partial charge in [0.25, 0.3) is 5.91 Å². The first-order valence-corrected chi connectivity index (χ1v) is 7.80. The molecule has 0 atom stereocenters. The summed E-state index contributed by atoms with van der Waals surface area (Å²) < 4.78 is 6.09. The Hall–Kier alpha value is -2.34. The summed E-state index contributed by atoms with van der Waals surface area (Å²) in [7, 11) is 0. The zero-order valence-corrected chi connectivity index (χ0v) is 14.4. The molecule has 0 aliphatic heterocycles. The van der Waals surface area contributed by atoms with Crippen LogP contribution in [0.1, 0.15) is 11.1 Å². The van der Waals surface area contributed by atoms with Crippen LogP contribution >= 0.6 is 15.9 Å². The number of anilines is 1. The van der Waals surface area contributed by atoms with E-state index < -0.39 is 11.9 Å². The Bertz CT molecular complexity index is 732. The molecule has 2 N–H and O–H groups in total. The maximum Gasteiger partial charge on any atom is 0.325 e. The number of aryl methyl sites for hydroxylation is 2. The molecule has 0 unspecified atom stereocenters. The molecular weight excluding hydrogens is 360 g/mol. The van der Waals surface area contributed by atoms with Crippen molar-refractivity contribution in [2.24, 2.45) is 0 Å². The fraction of sp³-hybridized carbons (Fsp3) is 0.176. The van der Waals surface area contributed by atoms with E-state index in [9.17, 15) is 9.59 Å². The molecule has 0 saturated carbocycles. The van der Waals surface area contributed by atoms with Gasteiger partial charge in [0.05, 0.1) is 4.47 Å². The lowest BCUT2D eigenvalue weighted by Crippen LogP contribution is -2.37. The third kappa shape index (κ3) is 5.10. The van der Waals surface area contributed by atoms with Gasteiger partial charge in [0, 0.05) is 5.69 Å². The first-order chi connectivity index (χ1) is 11.0. The third-order valence-corrected chi connectivity index (χ3v) is 3.73. The Labute approximate surface area is 143 Å². The van der Waals surface area contributed by atoms with E-state index >= 15 is 0 Å². The summed E-state index contributed by atoms with van der Waals surface area (Å²) in [4.78, 5) is 23.6. The molecule has 0 saturated heterocycles. The normalized spacial score (nSPS) is 10.0. The monoisotopic (exact) mass is 376 g/mol. The average Bonchev–Trinajstić information content (AvgIpc) is 2.49. The van der Waals surface area contributed by atoms with Crippen LogP contribution in [-0.2, 0) is 4.79 Å². The molecule has 0 spiro atoms. The summed E-state index contributed by atoms with van der Waals surface area (Å²) in [5.41, 5.74) is 2.69. The summed E-state index contributed by atoms with van der Waals surface area (Å²) in [6.07, 6.45) is 0. The summed E-state index contributed by atoms with van der Waals surface area (Å²) >= 11 is 3.32. The fourth-order valence-corrected chi connectivity index (χ4v) is 2.37. The lowest BCUT2D eigenvalue weighted by molar-refractivity contribution is -0.121. The van der Waals surface area contributed by atoms with Crippen LogP contribution in [0.2, 0.25) is 0 Å². The first kappa shape index (κ1) is 17.0. The second-order valence-corrected chi connectivity index (χ2v) is 5.89. The highest BCUT2D eigenvalue weighted by Crippen LogP contribution is 2.23. The molecule has 0 aliphatic carbocycles. The molecule has 0 aliphatic rings. The lowest BCUT2D eigenvalue weighted by atomic mass is 10.1. The van der Waals surface area contributed by atoms with Crippen molar-refractivity contribution < 1.29 is 14.3 Å². The lowest BCUT2D eigenvalue weighted by Gasteiger charge is -2.11. The Kier molecular flexibility index (Phi) is 5.76. The smallest absolute Gasteiger partial charge is 0.325 e. The van der Waals surface area contributed by atoms with Crippen LogP contribution in [0.25, 0.3) is 0 Å². The highest BCUT2D eigenvalue weighted by molar-refractivity contribution is 9.10. The second-order valence-electron chi connectivity index (χ2n) is 5.04. The Balaban J connectivity index is 1.85. The van der Waals surface area contributed by atoms with Crippen LogP contribution in [0.4, 0.5) is 10.5 Å². The predicted molar refractivity (Wildman–Crippen MR) is 92.7 cm³/mol. The van der Waals surface area contributed by atoms with E-state index in [1.807, 2.05) is 32.0 Å². The average molecular weight is 377 g/mol. The minimum atomic E-state index is -0.585. The van der Waals surface area contributed by atoms with Crippen LogP contribution in [-0.4, -0.2) is 18.5 Å². The van der Waals surface area contributed by atoms with Gasteiger partial charge in [0.1, 0.15) is 5.75 Å². The van der Waals surface area contributed by atoms with Crippen molar-refractivity contribution in [3.8, 4) is 5.75 Å². The highest BCUT2D eigenvalue weighted by atomic mass is 79.9. The standard InChI is InChI=1S/C17H17BrN2O3/c1-11-7-8-14(12(2)9-11)19-17(22)20-16(21)10-23-15-6-4-3-5-13(15)18/h3-9H,10H2,1-2H3,(H2,19,20,21,22). The van der Waals surface area contributed by atoms with Gasteiger partial charge >= 0.3 is 6.03 Å². The van der Waals surface area contributed by atoms with Crippen LogP contribution < -0.4 is 15.4 Å². The summed E-state index contributed by atoms with van der Waals surface area (Å²) in [6, 6.07) is 12.2. The fourth-order valence-electron chi connectivity index (χ4n) is 1.98. The molecule has 120 valence electrons. The zero-order chi connectivity index (χ0) is 16.8. The summed E-state index contributed by atoms with van der Waals surface area (Å²) in [6.45, 7) is 3.61. The van der Waals surface area contributed by atoms with E-state index in [1.54, 1.807) is 24.3 Å². The van der Waals surface area contributed by atoms with Crippen molar-refractivity contribution >= 4 is 33.6 Å². The summed E-state index contributed by atoms with van der Waals surface area (Å²) in [5.74, 6) is 0.0143. The van der Waals surface area contributed by atoms with Gasteiger partial charge in [-0.3, -0.25) is 10.1 Å². The largest absolute Gasteiger partial charge is 0.483 e. The quantitative estimate of drug-likeness (QED) is 0.852. The van der Waals surface area contributed by atoms with Gasteiger partial charge in [0.15, 0.2) is 6.61 Å². The van der Waals surface area contributed by atoms with Gasteiger partial charge in [-0.1, -0.05) is 29.8 Å². The maximum atomic E-state index is 11.8. The molecule has 0 bridgehead atoms. The molecule has 23 heavy (non-hydrogen) atoms. The molecule has 5 nitrogen and oxygen atoms in total. The number of hydrogen-bond donors (Lipinski definition) is 2. The number of benzene rings is 2. The number of ether oxygens (including phenoxy) is 1. The van der Waals surface area contributed by atoms with Crippen molar-refractivity contribution in [1.29, 1.82) is 0 Å². The zero-order valence-electron chi connectivity index (χ0n) is 12.9. The number of urea groups is 1. The van der Waals surface area contributed by atoms with Gasteiger partial charge in [-0.05, 0) is 53.5 Å². The predicted octanol–water partition coefficient (Wildman–Crippen LogP) is 3.79. The second kappa shape index (κ2) is 7.78. The molecule has 2 aromatic rings. The van der Waals surface area contributed by atoms with E-state index in [0.29, 0.717) is 11.4 Å². The van der Waals surface area contributed by atoms with Gasteiger partial charge in [-0.15, -0.1) is 0 Å². The van der Waals surface area contributed by atoms with Crippen molar-refractivity contribution in [2.45, 2.75) is 13.8 Å². The highest BCUT2D eigenvalue weighted by Gasteiger charge is 2.10. The van der Waals surface area contributed by atoms with E-state index in [2.05, 4.69) is 26.6 Å². The molecule has 0 fully saturated rings. The summed E-state index contributed by atoms with van der Waals surface area (Å²) in [5, 5.41) is 4.87. The van der Waals surface area contributed by atoms with Crippen molar-refractivity contribution in [1.82, 2.24) is 5.32 Å². The molecule has 3 amide bonds. The van der Waals surface area contributed by atoms with Crippen LogP contribution in [0.15, 0.2) is 46.9 Å². The molecule has 0 aromatic heterocycles. The molecule has 0 heterocycles. The Morgan fingerprint density at radius 3 is 2.57 bits per heavy atom. The molecule has 2 rings (SSSR count). The van der Waals surface area contributed by atoms with Crippen LogP contribution in [0.5, 0.6) is 5.75 Å². The van der Waals surface area contributed by atoms with Gasteiger partial charge < -0.3 is 10.1 Å². The number of carbonyl (C=O) groups excluding carboxylic acids is 2. The number of rotatable bonds is 4. The van der Waals surface area contributed by atoms with Crippen LogP contribution in [0.3, 0.4) is 0 Å². The van der Waals surface area contributed by atoms with Gasteiger partial charge in [-0.2, -0.15) is 0 Å². The SMILES string of the molecule is Cc1ccc(NC(=O)NC(=O)COc2ccccc2Br)c(C)c1. The van der Waals surface area contributed by atoms with E-state index in [0.717, 1.165) is 15.6 Å². The van der Waals surface area contributed by atoms with E-state index in [-0.39, 0.29) is 6.61 Å². The number of amides is 3. The number of para-hydroxylation sites is 1. The number of carbonyl (C=O) groups is 2.